The lowest BCUT2D eigenvalue weighted by molar-refractivity contribution is 0.0678. The number of nitrogens with one attached hydrogen (secondary N) is 2. The van der Waals surface area contributed by atoms with Gasteiger partial charge in [0.05, 0.1) is 23.6 Å². The maximum atomic E-state index is 9.79. The first-order valence-electron chi connectivity index (χ1n) is 10.2. The maximum absolute atomic E-state index is 9.79. The van der Waals surface area contributed by atoms with Crippen molar-refractivity contribution < 1.29 is 9.84 Å². The first kappa shape index (κ1) is 21.7. The first-order chi connectivity index (χ1) is 12.8. The number of unbranched alkanes of at least 4 members (excludes halogenated alkanes) is 1. The summed E-state index contributed by atoms with van der Waals surface area (Å²) >= 11 is 0. The molecule has 1 fully saturated rings. The summed E-state index contributed by atoms with van der Waals surface area (Å²) in [6.45, 7) is 5.84. The Labute approximate surface area is 163 Å². The minimum Gasteiger partial charge on any atom is -0.394 e. The lowest BCUT2D eigenvalue weighted by atomic mass is 9.93. The normalized spacial score (nSPS) is 21.7. The zero-order chi connectivity index (χ0) is 19.9. The van der Waals surface area contributed by atoms with E-state index in [-0.39, 0.29) is 6.04 Å². The maximum Gasteiger partial charge on any atom is 0.224 e. The fourth-order valence-corrected chi connectivity index (χ4v) is 3.52. The van der Waals surface area contributed by atoms with E-state index in [1.165, 1.54) is 0 Å². The van der Waals surface area contributed by atoms with Crippen LogP contribution >= 0.6 is 0 Å². The number of hydrogen-bond acceptors (Lipinski definition) is 7. The van der Waals surface area contributed by atoms with Crippen molar-refractivity contribution >= 4 is 17.5 Å². The van der Waals surface area contributed by atoms with Crippen LogP contribution in [0.1, 0.15) is 72.1 Å². The van der Waals surface area contributed by atoms with Gasteiger partial charge in [0.2, 0.25) is 5.95 Å². The molecule has 5 N–H and O–H groups in total. The van der Waals surface area contributed by atoms with Crippen molar-refractivity contribution in [3.63, 3.8) is 0 Å². The van der Waals surface area contributed by atoms with E-state index in [1.54, 1.807) is 13.3 Å². The number of nitrogens with two attached hydrogens (primary N) is 1. The standard InChI is InChI=1S/C20H37N5O2/c1-14(7-5-6-12-20(2,3)26)23-18-17(21)13-22-19(25-18)24-15-8-10-16(27-4)11-9-15/h13-16,26H,5-12,21H2,1-4H3,(H2,22,23,24,25)/t14-,15?,16?/m0/s1. The van der Waals surface area contributed by atoms with E-state index < -0.39 is 5.60 Å². The number of anilines is 3. The monoisotopic (exact) mass is 379 g/mol. The Kier molecular flexibility index (Phi) is 8.10. The van der Waals surface area contributed by atoms with Crippen molar-refractivity contribution in [2.75, 3.05) is 23.5 Å². The predicted molar refractivity (Wildman–Crippen MR) is 111 cm³/mol. The topological polar surface area (TPSA) is 105 Å². The minimum absolute atomic E-state index is 0.258. The average Bonchev–Trinajstić information content (AvgIpc) is 2.61. The molecule has 0 unspecified atom stereocenters. The van der Waals surface area contributed by atoms with E-state index in [1.807, 2.05) is 13.8 Å². The third-order valence-corrected chi connectivity index (χ3v) is 5.22. The van der Waals surface area contributed by atoms with Gasteiger partial charge in [-0.3, -0.25) is 0 Å². The van der Waals surface area contributed by atoms with Crippen LogP contribution in [0.15, 0.2) is 6.20 Å². The van der Waals surface area contributed by atoms with Crippen LogP contribution in [0.2, 0.25) is 0 Å². The summed E-state index contributed by atoms with van der Waals surface area (Å²) < 4.78 is 5.43. The van der Waals surface area contributed by atoms with Crippen LogP contribution in [0, 0.1) is 0 Å². The number of nitrogens with zero attached hydrogens (tertiary/aromatic N) is 2. The fraction of sp³-hybridized carbons (Fsp3) is 0.800. The van der Waals surface area contributed by atoms with Gasteiger partial charge in [-0.15, -0.1) is 0 Å². The van der Waals surface area contributed by atoms with Crippen molar-refractivity contribution in [1.29, 1.82) is 0 Å². The lowest BCUT2D eigenvalue weighted by Crippen LogP contribution is -2.30. The van der Waals surface area contributed by atoms with Gasteiger partial charge in [-0.1, -0.05) is 12.8 Å². The zero-order valence-corrected chi connectivity index (χ0v) is 17.3. The molecule has 1 atom stereocenters. The third kappa shape index (κ3) is 7.89. The second-order valence-corrected chi connectivity index (χ2v) is 8.45. The molecule has 1 aromatic rings. The summed E-state index contributed by atoms with van der Waals surface area (Å²) in [6, 6.07) is 0.640. The number of rotatable bonds is 10. The average molecular weight is 380 g/mol. The van der Waals surface area contributed by atoms with Crippen LogP contribution in [-0.2, 0) is 4.74 Å². The number of ether oxygens (including phenoxy) is 1. The van der Waals surface area contributed by atoms with Crippen LogP contribution in [0.5, 0.6) is 0 Å². The van der Waals surface area contributed by atoms with E-state index in [9.17, 15) is 5.11 Å². The van der Waals surface area contributed by atoms with Crippen molar-refractivity contribution in [1.82, 2.24) is 9.97 Å². The molecule has 0 spiro atoms. The molecule has 0 saturated heterocycles. The molecule has 2 rings (SSSR count). The molecule has 0 bridgehead atoms. The van der Waals surface area contributed by atoms with E-state index in [0.717, 1.165) is 51.4 Å². The van der Waals surface area contributed by atoms with Crippen LogP contribution < -0.4 is 16.4 Å². The Morgan fingerprint density at radius 3 is 2.63 bits per heavy atom. The minimum atomic E-state index is -0.587. The highest BCUT2D eigenvalue weighted by Gasteiger charge is 2.21. The molecule has 7 nitrogen and oxygen atoms in total. The van der Waals surface area contributed by atoms with Crippen molar-refractivity contribution in [2.45, 2.75) is 95.9 Å². The predicted octanol–water partition coefficient (Wildman–Crippen LogP) is 3.56. The third-order valence-electron chi connectivity index (χ3n) is 5.22. The van der Waals surface area contributed by atoms with Gasteiger partial charge in [-0.25, -0.2) is 4.98 Å². The van der Waals surface area contributed by atoms with Gasteiger partial charge in [0.25, 0.3) is 0 Å². The second-order valence-electron chi connectivity index (χ2n) is 8.45. The Morgan fingerprint density at radius 2 is 2.00 bits per heavy atom. The van der Waals surface area contributed by atoms with E-state index >= 15 is 0 Å². The number of aliphatic hydroxyl groups is 1. The number of methoxy groups -OCH3 is 1. The summed E-state index contributed by atoms with van der Waals surface area (Å²) in [6.07, 6.45) is 10.2. The van der Waals surface area contributed by atoms with Gasteiger partial charge < -0.3 is 26.2 Å². The number of hydrogen-bond donors (Lipinski definition) is 4. The first-order valence-corrected chi connectivity index (χ1v) is 10.2. The van der Waals surface area contributed by atoms with E-state index in [0.29, 0.717) is 29.6 Å². The molecule has 0 aliphatic heterocycles. The molecule has 27 heavy (non-hydrogen) atoms. The number of nitrogen functional groups attached to an aromatic ring is 1. The lowest BCUT2D eigenvalue weighted by Gasteiger charge is -2.28. The smallest absolute Gasteiger partial charge is 0.224 e. The molecule has 1 saturated carbocycles. The van der Waals surface area contributed by atoms with Crippen LogP contribution in [0.3, 0.4) is 0 Å². The molecule has 1 aliphatic carbocycles. The molecule has 154 valence electrons. The summed E-state index contributed by atoms with van der Waals surface area (Å²) in [5.74, 6) is 1.31. The largest absolute Gasteiger partial charge is 0.394 e. The van der Waals surface area contributed by atoms with Crippen molar-refractivity contribution in [3.05, 3.63) is 6.20 Å². The molecular weight excluding hydrogens is 342 g/mol. The highest BCUT2D eigenvalue weighted by Crippen LogP contribution is 2.24. The second kappa shape index (κ2) is 10.1. The highest BCUT2D eigenvalue weighted by molar-refractivity contribution is 5.62. The molecule has 0 radical (unpaired) electrons. The van der Waals surface area contributed by atoms with E-state index in [4.69, 9.17) is 10.5 Å². The van der Waals surface area contributed by atoms with Gasteiger partial charge in [-0.05, 0) is 59.3 Å². The van der Waals surface area contributed by atoms with Crippen LogP contribution in [0.25, 0.3) is 0 Å². The number of aromatic nitrogens is 2. The van der Waals surface area contributed by atoms with Gasteiger partial charge in [-0.2, -0.15) is 4.98 Å². The Morgan fingerprint density at radius 1 is 1.30 bits per heavy atom. The summed E-state index contributed by atoms with van der Waals surface area (Å²) in [5.41, 5.74) is 6.03. The molecule has 1 heterocycles. The van der Waals surface area contributed by atoms with Gasteiger partial charge >= 0.3 is 0 Å². The van der Waals surface area contributed by atoms with Crippen molar-refractivity contribution in [2.24, 2.45) is 0 Å². The van der Waals surface area contributed by atoms with Crippen LogP contribution in [-0.4, -0.2) is 46.0 Å². The molecule has 0 amide bonds. The van der Waals surface area contributed by atoms with Crippen LogP contribution in [0.4, 0.5) is 17.5 Å². The van der Waals surface area contributed by atoms with Gasteiger partial charge in [0.1, 0.15) is 0 Å². The van der Waals surface area contributed by atoms with E-state index in [2.05, 4.69) is 27.5 Å². The molecular formula is C20H37N5O2. The summed E-state index contributed by atoms with van der Waals surface area (Å²) in [5, 5.41) is 16.6. The molecule has 7 heteroatoms. The summed E-state index contributed by atoms with van der Waals surface area (Å²) in [7, 11) is 1.78. The molecule has 0 aromatic carbocycles. The highest BCUT2D eigenvalue weighted by atomic mass is 16.5. The van der Waals surface area contributed by atoms with Gasteiger partial charge in [0, 0.05) is 19.2 Å². The van der Waals surface area contributed by atoms with Crippen molar-refractivity contribution in [3.8, 4) is 0 Å². The van der Waals surface area contributed by atoms with Gasteiger partial charge in [0.15, 0.2) is 5.82 Å². The Hall–Kier alpha value is -1.60. The zero-order valence-electron chi connectivity index (χ0n) is 17.3. The Balaban J connectivity index is 1.82. The molecule has 1 aromatic heterocycles. The SMILES string of the molecule is COC1CCC(Nc2ncc(N)c(N[C@@H](C)CCCCC(C)(C)O)n2)CC1. The quantitative estimate of drug-likeness (QED) is 0.461. The fourth-order valence-electron chi connectivity index (χ4n) is 3.52. The summed E-state index contributed by atoms with van der Waals surface area (Å²) in [4.78, 5) is 8.92. The Bertz CT molecular complexity index is 568. The molecule has 1 aliphatic rings.